The largest absolute Gasteiger partial charge is 0.342 e. The normalized spacial score (nSPS) is 16.2. The van der Waals surface area contributed by atoms with Crippen LogP contribution in [0.3, 0.4) is 0 Å². The van der Waals surface area contributed by atoms with Crippen LogP contribution in [0.5, 0.6) is 0 Å². The van der Waals surface area contributed by atoms with Gasteiger partial charge in [-0.25, -0.2) is 0 Å². The molecule has 0 saturated carbocycles. The van der Waals surface area contributed by atoms with E-state index in [1.165, 1.54) is 0 Å². The molecule has 1 N–H and O–H groups in total. The first kappa shape index (κ1) is 16.6. The molecule has 1 aromatic rings. The fraction of sp³-hybridized carbons (Fsp3) is 0.562. The molecule has 0 spiro atoms. The van der Waals surface area contributed by atoms with Crippen molar-refractivity contribution < 1.29 is 4.79 Å². The van der Waals surface area contributed by atoms with Crippen molar-refractivity contribution in [3.05, 3.63) is 33.8 Å². The summed E-state index contributed by atoms with van der Waals surface area (Å²) >= 11 is 11.9. The van der Waals surface area contributed by atoms with E-state index in [1.807, 2.05) is 11.0 Å². The van der Waals surface area contributed by atoms with Gasteiger partial charge in [0.05, 0.1) is 16.5 Å². The molecule has 0 aliphatic carbocycles. The molecule has 0 radical (unpaired) electrons. The summed E-state index contributed by atoms with van der Waals surface area (Å²) in [7, 11) is 0. The molecule has 1 aliphatic heterocycles. The lowest BCUT2D eigenvalue weighted by molar-refractivity contribution is -0.131. The number of rotatable bonds is 5. The maximum Gasteiger partial charge on any atom is 0.226 e. The van der Waals surface area contributed by atoms with Gasteiger partial charge in [-0.2, -0.15) is 0 Å². The second-order valence-electron chi connectivity index (χ2n) is 5.56. The van der Waals surface area contributed by atoms with Crippen LogP contribution in [-0.4, -0.2) is 37.0 Å². The van der Waals surface area contributed by atoms with E-state index in [0.29, 0.717) is 22.4 Å². The second kappa shape index (κ2) is 8.02. The summed E-state index contributed by atoms with van der Waals surface area (Å²) in [5.74, 6) is 0.870. The van der Waals surface area contributed by atoms with Crippen molar-refractivity contribution in [1.82, 2.24) is 10.2 Å². The van der Waals surface area contributed by atoms with Crippen molar-refractivity contribution >= 4 is 29.1 Å². The summed E-state index contributed by atoms with van der Waals surface area (Å²) in [5, 5.41) is 4.41. The first-order chi connectivity index (χ1) is 10.1. The Morgan fingerprint density at radius 2 is 2.00 bits per heavy atom. The highest BCUT2D eigenvalue weighted by atomic mass is 35.5. The summed E-state index contributed by atoms with van der Waals surface area (Å²) < 4.78 is 0. The number of nitrogens with zero attached hydrogens (tertiary/aromatic N) is 1. The van der Waals surface area contributed by atoms with Crippen LogP contribution in [-0.2, 0) is 11.2 Å². The summed E-state index contributed by atoms with van der Waals surface area (Å²) in [6.45, 7) is 5.91. The minimum Gasteiger partial charge on any atom is -0.342 e. The summed E-state index contributed by atoms with van der Waals surface area (Å²) in [5.41, 5.74) is 0.921. The van der Waals surface area contributed by atoms with Gasteiger partial charge in [0.1, 0.15) is 0 Å². The van der Waals surface area contributed by atoms with E-state index in [0.717, 1.165) is 44.6 Å². The van der Waals surface area contributed by atoms with Gasteiger partial charge >= 0.3 is 0 Å². The monoisotopic (exact) mass is 328 g/mol. The Kier molecular flexibility index (Phi) is 6.34. The molecule has 1 amide bonds. The average Bonchev–Trinajstić information content (AvgIpc) is 2.49. The minimum absolute atomic E-state index is 0.176. The number of carbonyl (C=O) groups excluding carboxylic acids is 1. The topological polar surface area (TPSA) is 32.3 Å². The van der Waals surface area contributed by atoms with Crippen LogP contribution in [0.2, 0.25) is 10.0 Å². The SMILES string of the molecule is CCNCC1CCN(C(=O)Cc2ccc(Cl)c(Cl)c2)CC1. The summed E-state index contributed by atoms with van der Waals surface area (Å²) in [6, 6.07) is 5.39. The molecule has 1 heterocycles. The zero-order valence-electron chi connectivity index (χ0n) is 12.4. The van der Waals surface area contributed by atoms with Crippen molar-refractivity contribution in [2.24, 2.45) is 5.92 Å². The van der Waals surface area contributed by atoms with Gasteiger partial charge in [0.25, 0.3) is 0 Å². The third-order valence-electron chi connectivity index (χ3n) is 3.99. The van der Waals surface area contributed by atoms with Gasteiger partial charge < -0.3 is 10.2 Å². The van der Waals surface area contributed by atoms with Gasteiger partial charge in [-0.3, -0.25) is 4.79 Å². The number of benzene rings is 1. The molecule has 0 unspecified atom stereocenters. The van der Waals surface area contributed by atoms with Crippen molar-refractivity contribution in [2.45, 2.75) is 26.2 Å². The fourth-order valence-corrected chi connectivity index (χ4v) is 2.99. The number of hydrogen-bond donors (Lipinski definition) is 1. The molecule has 1 saturated heterocycles. The van der Waals surface area contributed by atoms with Gasteiger partial charge in [-0.15, -0.1) is 0 Å². The number of nitrogens with one attached hydrogen (secondary N) is 1. The molecule has 21 heavy (non-hydrogen) atoms. The lowest BCUT2D eigenvalue weighted by Crippen LogP contribution is -2.41. The molecule has 5 heteroatoms. The zero-order valence-corrected chi connectivity index (χ0v) is 13.9. The molecule has 1 aromatic carbocycles. The molecule has 116 valence electrons. The zero-order chi connectivity index (χ0) is 15.2. The van der Waals surface area contributed by atoms with E-state index in [4.69, 9.17) is 23.2 Å². The lowest BCUT2D eigenvalue weighted by atomic mass is 9.96. The standard InChI is InChI=1S/C16H22Cl2N2O/c1-2-19-11-12-5-7-20(8-6-12)16(21)10-13-3-4-14(17)15(18)9-13/h3-4,9,12,19H,2,5-8,10-11H2,1H3. The molecule has 0 bridgehead atoms. The van der Waals surface area contributed by atoms with E-state index in [-0.39, 0.29) is 5.91 Å². The van der Waals surface area contributed by atoms with Crippen LogP contribution in [0.25, 0.3) is 0 Å². The maximum absolute atomic E-state index is 12.3. The minimum atomic E-state index is 0.176. The molecule has 3 nitrogen and oxygen atoms in total. The van der Waals surface area contributed by atoms with Crippen LogP contribution >= 0.6 is 23.2 Å². The third-order valence-corrected chi connectivity index (χ3v) is 4.73. The van der Waals surface area contributed by atoms with Crippen LogP contribution in [0.1, 0.15) is 25.3 Å². The molecule has 0 atom stereocenters. The highest BCUT2D eigenvalue weighted by Crippen LogP contribution is 2.23. The molecule has 1 fully saturated rings. The van der Waals surface area contributed by atoms with Gasteiger partial charge in [-0.1, -0.05) is 36.2 Å². The number of amides is 1. The molecular weight excluding hydrogens is 307 g/mol. The highest BCUT2D eigenvalue weighted by molar-refractivity contribution is 6.42. The van der Waals surface area contributed by atoms with Crippen LogP contribution < -0.4 is 5.32 Å². The first-order valence-corrected chi connectivity index (χ1v) is 8.28. The number of hydrogen-bond acceptors (Lipinski definition) is 2. The Morgan fingerprint density at radius 1 is 1.29 bits per heavy atom. The predicted octanol–water partition coefficient (Wildman–Crippen LogP) is 3.38. The Morgan fingerprint density at radius 3 is 2.62 bits per heavy atom. The van der Waals surface area contributed by atoms with Crippen molar-refractivity contribution in [1.29, 1.82) is 0 Å². The van der Waals surface area contributed by atoms with Crippen molar-refractivity contribution in [3.63, 3.8) is 0 Å². The van der Waals surface area contributed by atoms with Crippen molar-refractivity contribution in [2.75, 3.05) is 26.2 Å². The lowest BCUT2D eigenvalue weighted by Gasteiger charge is -2.32. The van der Waals surface area contributed by atoms with E-state index >= 15 is 0 Å². The first-order valence-electron chi connectivity index (χ1n) is 7.52. The quantitative estimate of drug-likeness (QED) is 0.898. The number of piperidine rings is 1. The second-order valence-corrected chi connectivity index (χ2v) is 6.37. The number of halogens is 2. The average molecular weight is 329 g/mol. The van der Waals surface area contributed by atoms with Gasteiger partial charge in [0, 0.05) is 13.1 Å². The summed E-state index contributed by atoms with van der Waals surface area (Å²) in [4.78, 5) is 14.3. The van der Waals surface area contributed by atoms with Gasteiger partial charge in [0.15, 0.2) is 0 Å². The smallest absolute Gasteiger partial charge is 0.226 e. The Labute approximate surface area is 136 Å². The van der Waals surface area contributed by atoms with Crippen molar-refractivity contribution in [3.8, 4) is 0 Å². The summed E-state index contributed by atoms with van der Waals surface area (Å²) in [6.07, 6.45) is 2.56. The third kappa shape index (κ3) is 4.87. The van der Waals surface area contributed by atoms with Crippen LogP contribution in [0, 0.1) is 5.92 Å². The van der Waals surface area contributed by atoms with Crippen LogP contribution in [0.15, 0.2) is 18.2 Å². The highest BCUT2D eigenvalue weighted by Gasteiger charge is 2.22. The van der Waals surface area contributed by atoms with E-state index < -0.39 is 0 Å². The predicted molar refractivity (Wildman–Crippen MR) is 88.0 cm³/mol. The Hall–Kier alpha value is -0.770. The number of likely N-dealkylation sites (tertiary alicyclic amines) is 1. The van der Waals surface area contributed by atoms with Gasteiger partial charge in [-0.05, 0) is 49.5 Å². The molecule has 1 aliphatic rings. The Balaban J connectivity index is 1.83. The maximum atomic E-state index is 12.3. The van der Waals surface area contributed by atoms with E-state index in [1.54, 1.807) is 12.1 Å². The molecule has 2 rings (SSSR count). The number of carbonyl (C=O) groups is 1. The Bertz CT molecular complexity index is 485. The molecular formula is C16H22Cl2N2O. The van der Waals surface area contributed by atoms with Gasteiger partial charge in [0.2, 0.25) is 5.91 Å². The fourth-order valence-electron chi connectivity index (χ4n) is 2.67. The molecule has 0 aromatic heterocycles. The van der Waals surface area contributed by atoms with E-state index in [9.17, 15) is 4.79 Å². The van der Waals surface area contributed by atoms with Crippen LogP contribution in [0.4, 0.5) is 0 Å². The van der Waals surface area contributed by atoms with E-state index in [2.05, 4.69) is 12.2 Å².